The second-order valence-electron chi connectivity index (χ2n) is 5.29. The van der Waals surface area contributed by atoms with Crippen LogP contribution in [0.15, 0.2) is 0 Å². The summed E-state index contributed by atoms with van der Waals surface area (Å²) in [5.74, 6) is 0.617. The molecule has 0 aliphatic carbocycles. The number of ether oxygens (including phenoxy) is 2. The normalized spacial score (nSPS) is 45.1. The fourth-order valence-corrected chi connectivity index (χ4v) is 5.31. The molecule has 2 aliphatic heterocycles. The van der Waals surface area contributed by atoms with Gasteiger partial charge in [0.25, 0.3) is 0 Å². The first-order valence-electron chi connectivity index (χ1n) is 6.70. The Hall–Kier alpha value is 0.360. The summed E-state index contributed by atoms with van der Waals surface area (Å²) in [6.45, 7) is 1.56. The Morgan fingerprint density at radius 3 is 2.52 bits per heavy atom. The average molecular weight is 347 g/mol. The van der Waals surface area contributed by atoms with Crippen molar-refractivity contribution >= 4 is 10.9 Å². The molecular formula is C12H23ClO7S. The van der Waals surface area contributed by atoms with Crippen LogP contribution in [-0.2, 0) is 20.4 Å². The van der Waals surface area contributed by atoms with Gasteiger partial charge in [-0.2, -0.15) is 0 Å². The Labute approximate surface area is 132 Å². The number of aliphatic hydroxyl groups excluding tert-OH is 5. The fourth-order valence-electron chi connectivity index (χ4n) is 2.63. The van der Waals surface area contributed by atoms with Crippen molar-refractivity contribution in [3.63, 3.8) is 0 Å². The second kappa shape index (κ2) is 8.28. The van der Waals surface area contributed by atoms with E-state index in [1.807, 2.05) is 0 Å². The maximum atomic E-state index is 10.2. The van der Waals surface area contributed by atoms with Gasteiger partial charge in [0.05, 0.1) is 13.2 Å². The van der Waals surface area contributed by atoms with Crippen molar-refractivity contribution in [3.8, 4) is 0 Å². The van der Waals surface area contributed by atoms with E-state index < -0.39 is 53.0 Å². The van der Waals surface area contributed by atoms with Gasteiger partial charge in [0.2, 0.25) is 0 Å². The third-order valence-corrected chi connectivity index (χ3v) is 6.59. The molecule has 8 atom stereocenters. The predicted molar refractivity (Wildman–Crippen MR) is 72.3 cm³/mol. The summed E-state index contributed by atoms with van der Waals surface area (Å²) in [4.78, 5) is 0. The number of aliphatic hydroxyl groups is 5. The van der Waals surface area contributed by atoms with Crippen LogP contribution in [-0.4, -0.2) is 92.3 Å². The molecule has 0 amide bonds. The lowest BCUT2D eigenvalue weighted by Gasteiger charge is -2.34. The molecule has 0 aromatic carbocycles. The van der Waals surface area contributed by atoms with Crippen molar-refractivity contribution in [1.82, 2.24) is 0 Å². The monoisotopic (exact) mass is 346 g/mol. The fraction of sp³-hybridized carbons (Fsp3) is 1.00. The summed E-state index contributed by atoms with van der Waals surface area (Å²) < 4.78 is 10.5. The first-order chi connectivity index (χ1) is 9.43. The summed E-state index contributed by atoms with van der Waals surface area (Å²) in [7, 11) is -0.515. The Kier molecular flexibility index (Phi) is 7.65. The summed E-state index contributed by atoms with van der Waals surface area (Å²) in [5.41, 5.74) is 0. The highest BCUT2D eigenvalue weighted by molar-refractivity contribution is 7.97. The highest BCUT2D eigenvalue weighted by atomic mass is 35.5. The minimum atomic E-state index is -0.963. The molecule has 21 heavy (non-hydrogen) atoms. The highest BCUT2D eigenvalue weighted by Crippen LogP contribution is 2.26. The van der Waals surface area contributed by atoms with Gasteiger partial charge in [-0.1, -0.05) is 0 Å². The minimum Gasteiger partial charge on any atom is -1.00 e. The lowest BCUT2D eigenvalue weighted by Crippen LogP contribution is -3.00. The third-order valence-electron chi connectivity index (χ3n) is 3.76. The van der Waals surface area contributed by atoms with Crippen LogP contribution in [0.3, 0.4) is 0 Å². The number of hydrogen-bond donors (Lipinski definition) is 5. The zero-order chi connectivity index (χ0) is 14.9. The van der Waals surface area contributed by atoms with E-state index in [-0.39, 0.29) is 31.4 Å². The summed E-state index contributed by atoms with van der Waals surface area (Å²) in [6, 6.07) is 0. The first-order valence-corrected chi connectivity index (χ1v) is 8.33. The van der Waals surface area contributed by atoms with Gasteiger partial charge in [-0.05, 0) is 6.92 Å². The zero-order valence-electron chi connectivity index (χ0n) is 11.7. The van der Waals surface area contributed by atoms with Crippen molar-refractivity contribution in [2.24, 2.45) is 0 Å². The van der Waals surface area contributed by atoms with Gasteiger partial charge in [-0.3, -0.25) is 0 Å². The number of rotatable bonds is 4. The van der Waals surface area contributed by atoms with Crippen LogP contribution in [0.25, 0.3) is 0 Å². The quantitative estimate of drug-likeness (QED) is 0.322. The van der Waals surface area contributed by atoms with Crippen molar-refractivity contribution in [1.29, 1.82) is 0 Å². The van der Waals surface area contributed by atoms with Gasteiger partial charge in [0.1, 0.15) is 42.0 Å². The van der Waals surface area contributed by atoms with Crippen LogP contribution in [0.4, 0.5) is 0 Å². The molecule has 126 valence electrons. The topological polar surface area (TPSA) is 120 Å². The van der Waals surface area contributed by atoms with Crippen LogP contribution in [0.1, 0.15) is 6.92 Å². The van der Waals surface area contributed by atoms with Gasteiger partial charge in [0, 0.05) is 10.9 Å². The molecule has 2 rings (SSSR count). The lowest BCUT2D eigenvalue weighted by molar-refractivity contribution is -0.261. The van der Waals surface area contributed by atoms with Gasteiger partial charge in [-0.15, -0.1) is 0 Å². The molecule has 2 unspecified atom stereocenters. The maximum Gasteiger partial charge on any atom is 0.169 e. The van der Waals surface area contributed by atoms with Crippen LogP contribution in [0.2, 0.25) is 0 Å². The van der Waals surface area contributed by atoms with E-state index in [0.717, 1.165) is 0 Å². The van der Waals surface area contributed by atoms with Gasteiger partial charge in [0.15, 0.2) is 11.5 Å². The minimum absolute atomic E-state index is 0. The van der Waals surface area contributed by atoms with Crippen LogP contribution in [0, 0.1) is 0 Å². The molecule has 2 saturated heterocycles. The molecule has 7 nitrogen and oxygen atoms in total. The Morgan fingerprint density at radius 2 is 1.90 bits per heavy atom. The van der Waals surface area contributed by atoms with Crippen molar-refractivity contribution < 1.29 is 47.4 Å². The molecule has 0 aromatic heterocycles. The van der Waals surface area contributed by atoms with Gasteiger partial charge < -0.3 is 47.4 Å². The SMILES string of the molecule is CC1OC[C@@H](O)[C@@H]([C@H](O)C[S+]2C[C@@H](O)[C@H](O)[C@H]2CO)O1.[Cl-]. The Balaban J connectivity index is 0.00000220. The Bertz CT molecular complexity index is 324. The molecule has 5 N–H and O–H groups in total. The number of halogens is 1. The van der Waals surface area contributed by atoms with E-state index in [9.17, 15) is 25.5 Å². The summed E-state index contributed by atoms with van der Waals surface area (Å²) in [6.07, 6.45) is -4.91. The molecule has 2 heterocycles. The van der Waals surface area contributed by atoms with Crippen LogP contribution < -0.4 is 12.4 Å². The van der Waals surface area contributed by atoms with Crippen molar-refractivity contribution in [3.05, 3.63) is 0 Å². The molecule has 2 aliphatic rings. The van der Waals surface area contributed by atoms with E-state index in [4.69, 9.17) is 9.47 Å². The molecule has 0 radical (unpaired) electrons. The maximum absolute atomic E-state index is 10.2. The zero-order valence-corrected chi connectivity index (χ0v) is 13.3. The molecule has 0 saturated carbocycles. The first kappa shape index (κ1) is 19.4. The van der Waals surface area contributed by atoms with E-state index >= 15 is 0 Å². The second-order valence-corrected chi connectivity index (χ2v) is 7.63. The van der Waals surface area contributed by atoms with Gasteiger partial charge >= 0.3 is 0 Å². The highest BCUT2D eigenvalue weighted by Gasteiger charge is 2.51. The molecule has 0 aromatic rings. The van der Waals surface area contributed by atoms with E-state index in [1.165, 1.54) is 0 Å². The Morgan fingerprint density at radius 1 is 1.24 bits per heavy atom. The smallest absolute Gasteiger partial charge is 0.169 e. The van der Waals surface area contributed by atoms with Crippen LogP contribution in [0.5, 0.6) is 0 Å². The molecule has 0 spiro atoms. The largest absolute Gasteiger partial charge is 1.00 e. The molecule has 2 fully saturated rings. The summed E-state index contributed by atoms with van der Waals surface area (Å²) >= 11 is 0. The molecule has 9 heteroatoms. The average Bonchev–Trinajstić information content (AvgIpc) is 2.67. The van der Waals surface area contributed by atoms with Crippen molar-refractivity contribution in [2.75, 3.05) is 24.7 Å². The lowest BCUT2D eigenvalue weighted by atomic mass is 10.1. The molecular weight excluding hydrogens is 324 g/mol. The van der Waals surface area contributed by atoms with E-state index in [1.54, 1.807) is 6.92 Å². The molecule has 0 bridgehead atoms. The van der Waals surface area contributed by atoms with E-state index in [0.29, 0.717) is 5.75 Å². The van der Waals surface area contributed by atoms with Gasteiger partial charge in [-0.25, -0.2) is 0 Å². The number of hydrogen-bond acceptors (Lipinski definition) is 7. The predicted octanol–water partition coefficient (Wildman–Crippen LogP) is -5.81. The summed E-state index contributed by atoms with van der Waals surface area (Å²) in [5, 5.41) is 48.3. The third kappa shape index (κ3) is 4.43. The van der Waals surface area contributed by atoms with Crippen molar-refractivity contribution in [2.45, 2.75) is 49.0 Å². The van der Waals surface area contributed by atoms with Crippen LogP contribution >= 0.6 is 0 Å². The standard InChI is InChI=1S/C12H23O7S.ClH/c1-6-18-3-7(14)12(19-6)9(16)5-20-4-8(15)11(17)10(20)2-13;/h6-17H,2-5H2,1H3;1H/q+1;/p-1/t6?,7-,8-,9-,10-,11+,12+,20?;/m1./s1. The van der Waals surface area contributed by atoms with E-state index in [2.05, 4.69) is 0 Å².